The summed E-state index contributed by atoms with van der Waals surface area (Å²) in [7, 11) is 0. The van der Waals surface area contributed by atoms with Gasteiger partial charge in [0.25, 0.3) is 0 Å². The van der Waals surface area contributed by atoms with E-state index in [0.29, 0.717) is 0 Å². The molecule has 1 heteroatoms. The van der Waals surface area contributed by atoms with E-state index in [9.17, 15) is 0 Å². The highest BCUT2D eigenvalue weighted by Crippen LogP contribution is 2.54. The third kappa shape index (κ3) is 6.15. The van der Waals surface area contributed by atoms with Crippen LogP contribution in [0.3, 0.4) is 0 Å². The van der Waals surface area contributed by atoms with E-state index in [1.54, 1.807) is 0 Å². The number of nitrogens with zero attached hydrogens (tertiary/aromatic N) is 1. The van der Waals surface area contributed by atoms with Crippen molar-refractivity contribution in [1.82, 2.24) is 0 Å². The van der Waals surface area contributed by atoms with E-state index >= 15 is 0 Å². The summed E-state index contributed by atoms with van der Waals surface area (Å²) in [6.45, 7) is 4.79. The van der Waals surface area contributed by atoms with Crippen LogP contribution >= 0.6 is 0 Å². The first-order valence-electron chi connectivity index (χ1n) is 22.3. The van der Waals surface area contributed by atoms with Crippen LogP contribution in [0.25, 0.3) is 88.0 Å². The number of hydrogen-bond acceptors (Lipinski definition) is 1. The summed E-state index contributed by atoms with van der Waals surface area (Å²) >= 11 is 0. The summed E-state index contributed by atoms with van der Waals surface area (Å²) < 4.78 is 0. The molecular formula is C63H45N. The van der Waals surface area contributed by atoms with Gasteiger partial charge in [0.15, 0.2) is 0 Å². The first kappa shape index (κ1) is 37.7. The van der Waals surface area contributed by atoms with Crippen LogP contribution in [0.4, 0.5) is 17.1 Å². The van der Waals surface area contributed by atoms with E-state index < -0.39 is 0 Å². The fourth-order valence-corrected chi connectivity index (χ4v) is 10.5. The minimum atomic E-state index is -0.223. The Kier molecular flexibility index (Phi) is 8.91. The summed E-state index contributed by atoms with van der Waals surface area (Å²) in [5, 5.41) is 7.61. The van der Waals surface area contributed by atoms with Gasteiger partial charge in [0, 0.05) is 22.4 Å². The molecular weight excluding hydrogens is 771 g/mol. The Hall–Kier alpha value is -8.00. The van der Waals surface area contributed by atoms with Crippen molar-refractivity contribution in [3.63, 3.8) is 0 Å². The van der Waals surface area contributed by atoms with Crippen LogP contribution in [-0.4, -0.2) is 0 Å². The van der Waals surface area contributed by atoms with Crippen LogP contribution in [0.5, 0.6) is 0 Å². The minimum absolute atomic E-state index is 0.223. The van der Waals surface area contributed by atoms with E-state index in [0.717, 1.165) is 17.1 Å². The number of benzene rings is 11. The number of para-hydroxylation sites is 1. The molecule has 0 heterocycles. The van der Waals surface area contributed by atoms with Gasteiger partial charge < -0.3 is 4.90 Å². The van der Waals surface area contributed by atoms with Crippen LogP contribution in [0.15, 0.2) is 237 Å². The lowest BCUT2D eigenvalue weighted by Gasteiger charge is -2.30. The van der Waals surface area contributed by atoms with Crippen molar-refractivity contribution in [2.75, 3.05) is 4.90 Å². The van der Waals surface area contributed by atoms with Gasteiger partial charge in [0.2, 0.25) is 0 Å². The van der Waals surface area contributed by atoms with Crippen molar-refractivity contribution in [2.24, 2.45) is 0 Å². The Morgan fingerprint density at radius 3 is 1.59 bits per heavy atom. The summed E-state index contributed by atoms with van der Waals surface area (Å²) in [5.41, 5.74) is 18.3. The topological polar surface area (TPSA) is 3.24 Å². The summed E-state index contributed by atoms with van der Waals surface area (Å²) in [5.74, 6) is 0. The molecule has 1 aliphatic rings. The molecule has 1 nitrogen and oxygen atoms in total. The molecule has 302 valence electrons. The Balaban J connectivity index is 1.01. The number of hydrogen-bond donors (Lipinski definition) is 0. The van der Waals surface area contributed by atoms with Gasteiger partial charge in [-0.3, -0.25) is 0 Å². The first-order chi connectivity index (χ1) is 31.5. The second kappa shape index (κ2) is 15.1. The average Bonchev–Trinajstić information content (AvgIpc) is 3.59. The quantitative estimate of drug-likeness (QED) is 0.145. The molecule has 0 unspecified atom stereocenters. The van der Waals surface area contributed by atoms with Gasteiger partial charge in [-0.2, -0.15) is 0 Å². The number of rotatable bonds is 7. The molecule has 0 saturated carbocycles. The Morgan fingerprint density at radius 1 is 0.312 bits per heavy atom. The Morgan fingerprint density at radius 2 is 0.844 bits per heavy atom. The average molecular weight is 816 g/mol. The first-order valence-corrected chi connectivity index (χ1v) is 22.3. The molecule has 11 aromatic carbocycles. The van der Waals surface area contributed by atoms with Crippen molar-refractivity contribution < 1.29 is 0 Å². The van der Waals surface area contributed by atoms with Crippen molar-refractivity contribution in [3.05, 3.63) is 248 Å². The Bertz CT molecular complexity index is 3560. The molecule has 11 aromatic rings. The fourth-order valence-electron chi connectivity index (χ4n) is 10.5. The van der Waals surface area contributed by atoms with Crippen LogP contribution in [0, 0.1) is 0 Å². The van der Waals surface area contributed by atoms with E-state index in [1.165, 1.54) is 99.1 Å². The molecule has 12 rings (SSSR count). The fraction of sp³-hybridized carbons (Fsp3) is 0.0476. The van der Waals surface area contributed by atoms with E-state index in [1.807, 2.05) is 0 Å². The third-order valence-electron chi connectivity index (χ3n) is 13.7. The highest BCUT2D eigenvalue weighted by atomic mass is 15.1. The molecule has 0 fully saturated rings. The van der Waals surface area contributed by atoms with Gasteiger partial charge in [0.05, 0.1) is 5.69 Å². The van der Waals surface area contributed by atoms with Crippen LogP contribution in [0.2, 0.25) is 0 Å². The maximum Gasteiger partial charge on any atom is 0.0540 e. The predicted octanol–water partition coefficient (Wildman–Crippen LogP) is 17.6. The molecule has 0 aliphatic heterocycles. The zero-order valence-electron chi connectivity index (χ0n) is 36.0. The summed E-state index contributed by atoms with van der Waals surface area (Å²) in [6.07, 6.45) is 0. The lowest BCUT2D eigenvalue weighted by molar-refractivity contribution is 0.660. The normalized spacial score (nSPS) is 12.7. The number of fused-ring (bicyclic) bond motifs is 7. The molecule has 0 spiro atoms. The predicted molar refractivity (Wildman–Crippen MR) is 273 cm³/mol. The molecule has 0 radical (unpaired) electrons. The summed E-state index contributed by atoms with van der Waals surface area (Å²) in [4.78, 5) is 2.46. The van der Waals surface area contributed by atoms with Gasteiger partial charge >= 0.3 is 0 Å². The Labute approximate surface area is 375 Å². The summed E-state index contributed by atoms with van der Waals surface area (Å²) in [6, 6.07) is 87.1. The second-order valence-electron chi connectivity index (χ2n) is 17.6. The monoisotopic (exact) mass is 815 g/mol. The van der Waals surface area contributed by atoms with Crippen LogP contribution in [-0.2, 0) is 5.41 Å². The molecule has 0 N–H and O–H groups in total. The lowest BCUT2D eigenvalue weighted by atomic mass is 9.81. The largest absolute Gasteiger partial charge is 0.310 e. The van der Waals surface area contributed by atoms with Gasteiger partial charge in [-0.25, -0.2) is 0 Å². The maximum absolute atomic E-state index is 2.46. The smallest absolute Gasteiger partial charge is 0.0540 e. The van der Waals surface area contributed by atoms with Crippen molar-refractivity contribution >= 4 is 49.4 Å². The van der Waals surface area contributed by atoms with Crippen molar-refractivity contribution in [2.45, 2.75) is 19.3 Å². The van der Waals surface area contributed by atoms with Crippen molar-refractivity contribution in [3.8, 4) is 55.6 Å². The molecule has 0 amide bonds. The molecule has 0 aromatic heterocycles. The molecule has 0 bridgehead atoms. The molecule has 64 heavy (non-hydrogen) atoms. The van der Waals surface area contributed by atoms with Crippen LogP contribution < -0.4 is 4.90 Å². The van der Waals surface area contributed by atoms with Gasteiger partial charge in [-0.15, -0.1) is 0 Å². The SMILES string of the molecule is CC1(C)c2cc(N(c3ccc(-c4cccc5cccc(-c6ccccc6)c45)cc3)c3ccccc3-c3ccccc3)ccc2-c2c(-c3ccc4ccc5ccccc5c4c3)cccc21. The van der Waals surface area contributed by atoms with Gasteiger partial charge in [-0.1, -0.05) is 214 Å². The van der Waals surface area contributed by atoms with Crippen molar-refractivity contribution in [1.29, 1.82) is 0 Å². The standard InChI is InChI=1S/C63H45N/c1-63(2)58-28-15-27-55(48-33-32-46-31-30-44-20-9-10-23-51(44)57(46)40-48)62(58)56-39-38-50(41-59(56)63)64(60-29-12-11-24-52(60)42-16-5-3-6-17-42)49-36-34-45(35-37-49)54-26-14-22-47-21-13-25-53(61(47)54)43-18-7-4-8-19-43/h3-41H,1-2H3. The minimum Gasteiger partial charge on any atom is -0.310 e. The van der Waals surface area contributed by atoms with E-state index in [4.69, 9.17) is 0 Å². The highest BCUT2D eigenvalue weighted by molar-refractivity contribution is 6.10. The van der Waals surface area contributed by atoms with E-state index in [-0.39, 0.29) is 5.41 Å². The second-order valence-corrected chi connectivity index (χ2v) is 17.6. The maximum atomic E-state index is 2.46. The van der Waals surface area contributed by atoms with Gasteiger partial charge in [0.1, 0.15) is 0 Å². The molecule has 0 saturated heterocycles. The molecule has 0 atom stereocenters. The third-order valence-corrected chi connectivity index (χ3v) is 13.7. The van der Waals surface area contributed by atoms with Crippen LogP contribution in [0.1, 0.15) is 25.0 Å². The number of anilines is 3. The molecule has 1 aliphatic carbocycles. The highest BCUT2D eigenvalue weighted by Gasteiger charge is 2.37. The zero-order chi connectivity index (χ0) is 42.8. The lowest BCUT2D eigenvalue weighted by Crippen LogP contribution is -2.17. The van der Waals surface area contributed by atoms with Gasteiger partial charge in [-0.05, 0) is 130 Å². The van der Waals surface area contributed by atoms with E-state index in [2.05, 4.69) is 255 Å². The zero-order valence-corrected chi connectivity index (χ0v) is 36.0.